The zero-order chi connectivity index (χ0) is 12.6. The van der Waals surface area contributed by atoms with E-state index in [1.54, 1.807) is 6.33 Å². The van der Waals surface area contributed by atoms with E-state index in [0.29, 0.717) is 5.92 Å². The average Bonchev–Trinajstić information content (AvgIpc) is 2.41. The van der Waals surface area contributed by atoms with E-state index in [1.807, 2.05) is 12.4 Å². The lowest BCUT2D eigenvalue weighted by Crippen LogP contribution is -2.36. The van der Waals surface area contributed by atoms with Crippen molar-refractivity contribution in [2.75, 3.05) is 26.2 Å². The fourth-order valence-electron chi connectivity index (χ4n) is 2.53. The van der Waals surface area contributed by atoms with Crippen molar-refractivity contribution in [2.45, 2.75) is 32.7 Å². The van der Waals surface area contributed by atoms with Crippen LogP contribution in [-0.2, 0) is 6.54 Å². The van der Waals surface area contributed by atoms with E-state index in [-0.39, 0.29) is 0 Å². The number of likely N-dealkylation sites (tertiary alicyclic amines) is 1. The molecule has 1 atom stereocenters. The zero-order valence-electron chi connectivity index (χ0n) is 11.3. The van der Waals surface area contributed by atoms with Crippen LogP contribution < -0.4 is 5.32 Å². The molecule has 1 N–H and O–H groups in total. The van der Waals surface area contributed by atoms with Gasteiger partial charge in [-0.05, 0) is 38.4 Å². The SMILES string of the molecule is CC(CNCc1cncnc1)CN1CCCCC1. The minimum Gasteiger partial charge on any atom is -0.312 e. The van der Waals surface area contributed by atoms with Gasteiger partial charge in [0.2, 0.25) is 0 Å². The van der Waals surface area contributed by atoms with Crippen LogP contribution in [-0.4, -0.2) is 41.0 Å². The number of piperidine rings is 1. The summed E-state index contributed by atoms with van der Waals surface area (Å²) in [5, 5.41) is 3.48. The van der Waals surface area contributed by atoms with Gasteiger partial charge in [0.15, 0.2) is 0 Å². The highest BCUT2D eigenvalue weighted by molar-refractivity contribution is 5.01. The van der Waals surface area contributed by atoms with Crippen LogP contribution in [0.5, 0.6) is 0 Å². The molecule has 1 unspecified atom stereocenters. The van der Waals surface area contributed by atoms with Crippen molar-refractivity contribution in [3.05, 3.63) is 24.3 Å². The third-order valence-electron chi connectivity index (χ3n) is 3.45. The Labute approximate surface area is 110 Å². The van der Waals surface area contributed by atoms with E-state index in [2.05, 4.69) is 27.1 Å². The molecule has 2 heterocycles. The molecular weight excluding hydrogens is 224 g/mol. The Balaban J connectivity index is 1.61. The van der Waals surface area contributed by atoms with Crippen LogP contribution in [0.1, 0.15) is 31.7 Å². The van der Waals surface area contributed by atoms with Gasteiger partial charge in [0.1, 0.15) is 6.33 Å². The van der Waals surface area contributed by atoms with Crippen LogP contribution in [0.4, 0.5) is 0 Å². The minimum atomic E-state index is 0.702. The van der Waals surface area contributed by atoms with Gasteiger partial charge in [-0.25, -0.2) is 9.97 Å². The number of rotatable bonds is 6. The van der Waals surface area contributed by atoms with Gasteiger partial charge >= 0.3 is 0 Å². The van der Waals surface area contributed by atoms with Crippen molar-refractivity contribution in [2.24, 2.45) is 5.92 Å². The van der Waals surface area contributed by atoms with Crippen molar-refractivity contribution in [1.82, 2.24) is 20.2 Å². The Hall–Kier alpha value is -1.00. The fourth-order valence-corrected chi connectivity index (χ4v) is 2.53. The lowest BCUT2D eigenvalue weighted by Gasteiger charge is -2.29. The Kier molecular flexibility index (Phi) is 5.55. The smallest absolute Gasteiger partial charge is 0.115 e. The summed E-state index contributed by atoms with van der Waals surface area (Å²) in [7, 11) is 0. The first-order valence-electron chi connectivity index (χ1n) is 7.01. The number of hydrogen-bond acceptors (Lipinski definition) is 4. The quantitative estimate of drug-likeness (QED) is 0.832. The van der Waals surface area contributed by atoms with Crippen LogP contribution in [0.15, 0.2) is 18.7 Å². The first-order chi connectivity index (χ1) is 8.84. The summed E-state index contributed by atoms with van der Waals surface area (Å²) >= 11 is 0. The monoisotopic (exact) mass is 248 g/mol. The Bertz CT molecular complexity index is 322. The molecule has 1 aromatic rings. The second-order valence-corrected chi connectivity index (χ2v) is 5.34. The maximum atomic E-state index is 4.02. The standard InChI is InChI=1S/C14H24N4/c1-13(11-18-5-3-2-4-6-18)7-15-8-14-9-16-12-17-10-14/h9-10,12-13,15H,2-8,11H2,1H3. The average molecular weight is 248 g/mol. The highest BCUT2D eigenvalue weighted by atomic mass is 15.1. The summed E-state index contributed by atoms with van der Waals surface area (Å²) in [6.45, 7) is 8.05. The molecule has 0 radical (unpaired) electrons. The summed E-state index contributed by atoms with van der Waals surface area (Å²) in [5.74, 6) is 0.702. The Morgan fingerprint density at radius 3 is 2.67 bits per heavy atom. The first-order valence-corrected chi connectivity index (χ1v) is 7.01. The van der Waals surface area contributed by atoms with Crippen LogP contribution in [0.3, 0.4) is 0 Å². The van der Waals surface area contributed by atoms with Crippen LogP contribution >= 0.6 is 0 Å². The molecule has 0 amide bonds. The molecule has 4 nitrogen and oxygen atoms in total. The lowest BCUT2D eigenvalue weighted by atomic mass is 10.1. The molecule has 1 aliphatic heterocycles. The lowest BCUT2D eigenvalue weighted by molar-refractivity contribution is 0.199. The summed E-state index contributed by atoms with van der Waals surface area (Å²) in [6, 6.07) is 0. The molecule has 1 aliphatic rings. The molecule has 0 saturated carbocycles. The summed E-state index contributed by atoms with van der Waals surface area (Å²) < 4.78 is 0. The minimum absolute atomic E-state index is 0.702. The predicted octanol–water partition coefficient (Wildman–Crippen LogP) is 1.69. The zero-order valence-corrected chi connectivity index (χ0v) is 11.3. The van der Waals surface area contributed by atoms with E-state index >= 15 is 0 Å². The summed E-state index contributed by atoms with van der Waals surface area (Å²) in [6.07, 6.45) is 9.48. The van der Waals surface area contributed by atoms with Crippen molar-refractivity contribution in [1.29, 1.82) is 0 Å². The van der Waals surface area contributed by atoms with Gasteiger partial charge in [0.05, 0.1) is 0 Å². The summed E-state index contributed by atoms with van der Waals surface area (Å²) in [5.41, 5.74) is 1.16. The van der Waals surface area contributed by atoms with E-state index in [9.17, 15) is 0 Å². The molecule has 2 rings (SSSR count). The molecule has 0 spiro atoms. The highest BCUT2D eigenvalue weighted by Gasteiger charge is 2.12. The van der Waals surface area contributed by atoms with Gasteiger partial charge in [-0.1, -0.05) is 13.3 Å². The maximum Gasteiger partial charge on any atom is 0.115 e. The van der Waals surface area contributed by atoms with Gasteiger partial charge in [-0.15, -0.1) is 0 Å². The van der Waals surface area contributed by atoms with Crippen LogP contribution in [0, 0.1) is 5.92 Å². The molecule has 0 aromatic carbocycles. The topological polar surface area (TPSA) is 41.1 Å². The van der Waals surface area contributed by atoms with Gasteiger partial charge in [-0.3, -0.25) is 0 Å². The van der Waals surface area contributed by atoms with Gasteiger partial charge in [-0.2, -0.15) is 0 Å². The first kappa shape index (κ1) is 13.4. The van der Waals surface area contributed by atoms with Crippen molar-refractivity contribution < 1.29 is 0 Å². The third kappa shape index (κ3) is 4.70. The summed E-state index contributed by atoms with van der Waals surface area (Å²) in [4.78, 5) is 10.6. The Morgan fingerprint density at radius 2 is 1.94 bits per heavy atom. The normalized spacial score (nSPS) is 18.7. The molecule has 0 aliphatic carbocycles. The molecule has 0 bridgehead atoms. The number of hydrogen-bond donors (Lipinski definition) is 1. The van der Waals surface area contributed by atoms with Crippen molar-refractivity contribution >= 4 is 0 Å². The van der Waals surface area contributed by atoms with Gasteiger partial charge in [0, 0.05) is 31.0 Å². The predicted molar refractivity (Wildman–Crippen MR) is 73.2 cm³/mol. The van der Waals surface area contributed by atoms with Crippen molar-refractivity contribution in [3.63, 3.8) is 0 Å². The molecule has 100 valence electrons. The number of aromatic nitrogens is 2. The second kappa shape index (κ2) is 7.44. The largest absolute Gasteiger partial charge is 0.312 e. The number of nitrogens with zero attached hydrogens (tertiary/aromatic N) is 3. The van der Waals surface area contributed by atoms with E-state index < -0.39 is 0 Å². The second-order valence-electron chi connectivity index (χ2n) is 5.34. The van der Waals surface area contributed by atoms with Crippen molar-refractivity contribution in [3.8, 4) is 0 Å². The van der Waals surface area contributed by atoms with Crippen LogP contribution in [0.25, 0.3) is 0 Å². The molecule has 18 heavy (non-hydrogen) atoms. The van der Waals surface area contributed by atoms with E-state index in [0.717, 1.165) is 18.7 Å². The molecule has 1 aromatic heterocycles. The molecular formula is C14H24N4. The molecule has 4 heteroatoms. The number of nitrogens with one attached hydrogen (secondary N) is 1. The third-order valence-corrected chi connectivity index (χ3v) is 3.45. The fraction of sp³-hybridized carbons (Fsp3) is 0.714. The van der Waals surface area contributed by atoms with Crippen LogP contribution in [0.2, 0.25) is 0 Å². The van der Waals surface area contributed by atoms with Gasteiger partial charge < -0.3 is 10.2 Å². The molecule has 1 fully saturated rings. The van der Waals surface area contributed by atoms with Gasteiger partial charge in [0.25, 0.3) is 0 Å². The van der Waals surface area contributed by atoms with E-state index in [1.165, 1.54) is 38.9 Å². The van der Waals surface area contributed by atoms with E-state index in [4.69, 9.17) is 0 Å². The highest BCUT2D eigenvalue weighted by Crippen LogP contribution is 2.10. The molecule has 1 saturated heterocycles. The Morgan fingerprint density at radius 1 is 1.22 bits per heavy atom. The maximum absolute atomic E-state index is 4.02.